The Balaban J connectivity index is 2.51. The van der Waals surface area contributed by atoms with Crippen molar-refractivity contribution in [2.45, 2.75) is 38.7 Å². The fourth-order valence-corrected chi connectivity index (χ4v) is 1.32. The van der Waals surface area contributed by atoms with Crippen LogP contribution in [-0.4, -0.2) is 12.1 Å². The molecule has 0 radical (unpaired) electrons. The summed E-state index contributed by atoms with van der Waals surface area (Å²) in [5.41, 5.74) is 0. The topological polar surface area (TPSA) is 26.3 Å². The molecule has 0 spiro atoms. The van der Waals surface area contributed by atoms with E-state index in [0.29, 0.717) is 0 Å². The van der Waals surface area contributed by atoms with Crippen molar-refractivity contribution in [2.75, 3.05) is 0 Å². The van der Waals surface area contributed by atoms with Crippen LogP contribution in [0.1, 0.15) is 32.6 Å². The predicted octanol–water partition coefficient (Wildman–Crippen LogP) is 2.60. The summed E-state index contributed by atoms with van der Waals surface area (Å²) < 4.78 is 5.07. The number of esters is 1. The Morgan fingerprint density at radius 1 is 1.23 bits per heavy atom. The molecule has 0 unspecified atom stereocenters. The fraction of sp³-hybridized carbons (Fsp3) is 0.545. The van der Waals surface area contributed by atoms with Gasteiger partial charge in [-0.15, -0.1) is 0 Å². The number of hydrogen-bond acceptors (Lipinski definition) is 2. The summed E-state index contributed by atoms with van der Waals surface area (Å²) in [6.07, 6.45) is 12.5. The van der Waals surface area contributed by atoms with Gasteiger partial charge in [0.1, 0.15) is 6.10 Å². The van der Waals surface area contributed by atoms with Crippen LogP contribution in [0.2, 0.25) is 0 Å². The van der Waals surface area contributed by atoms with Crippen molar-refractivity contribution >= 4 is 5.97 Å². The lowest BCUT2D eigenvalue weighted by Crippen LogP contribution is -2.10. The zero-order valence-electron chi connectivity index (χ0n) is 8.03. The summed E-state index contributed by atoms with van der Waals surface area (Å²) in [5.74, 6) is -0.224. The van der Waals surface area contributed by atoms with Crippen LogP contribution in [0.25, 0.3) is 0 Å². The van der Waals surface area contributed by atoms with Crippen molar-refractivity contribution < 1.29 is 9.53 Å². The van der Waals surface area contributed by atoms with Gasteiger partial charge in [-0.3, -0.25) is 4.79 Å². The highest BCUT2D eigenvalue weighted by molar-refractivity contribution is 5.66. The Bertz CT molecular complexity index is 200. The summed E-state index contributed by atoms with van der Waals surface area (Å²) in [6, 6.07) is 0. The van der Waals surface area contributed by atoms with Gasteiger partial charge in [0.15, 0.2) is 0 Å². The second-order valence-corrected chi connectivity index (χ2v) is 3.21. The molecule has 0 aromatic heterocycles. The lowest BCUT2D eigenvalue weighted by Gasteiger charge is -2.07. The van der Waals surface area contributed by atoms with Gasteiger partial charge in [-0.1, -0.05) is 12.2 Å². The molecular formula is C11H16O2. The van der Waals surface area contributed by atoms with Gasteiger partial charge < -0.3 is 4.74 Å². The van der Waals surface area contributed by atoms with E-state index in [1.165, 1.54) is 19.8 Å². The zero-order chi connectivity index (χ0) is 9.52. The van der Waals surface area contributed by atoms with Crippen LogP contribution in [0, 0.1) is 0 Å². The molecule has 0 bridgehead atoms. The van der Waals surface area contributed by atoms with Crippen molar-refractivity contribution in [3.63, 3.8) is 0 Å². The second-order valence-electron chi connectivity index (χ2n) is 3.21. The first-order valence-corrected chi connectivity index (χ1v) is 4.79. The van der Waals surface area contributed by atoms with E-state index in [2.05, 4.69) is 12.2 Å². The monoisotopic (exact) mass is 180 g/mol. The Kier molecular flexibility index (Phi) is 4.30. The van der Waals surface area contributed by atoms with Gasteiger partial charge in [-0.25, -0.2) is 0 Å². The molecule has 2 heteroatoms. The average Bonchev–Trinajstić information content (AvgIpc) is 2.17. The first-order chi connectivity index (χ1) is 6.29. The number of ether oxygens (including phenoxy) is 1. The van der Waals surface area contributed by atoms with E-state index in [-0.39, 0.29) is 12.1 Å². The van der Waals surface area contributed by atoms with Gasteiger partial charge in [-0.2, -0.15) is 0 Å². The molecule has 2 nitrogen and oxygen atoms in total. The van der Waals surface area contributed by atoms with Crippen molar-refractivity contribution in [3.05, 3.63) is 24.3 Å². The highest BCUT2D eigenvalue weighted by atomic mass is 16.5. The quantitative estimate of drug-likeness (QED) is 0.458. The minimum atomic E-state index is -0.224. The molecule has 0 heterocycles. The molecule has 1 aliphatic carbocycles. The molecule has 72 valence electrons. The average molecular weight is 180 g/mol. The summed E-state index contributed by atoms with van der Waals surface area (Å²) in [5, 5.41) is 0. The van der Waals surface area contributed by atoms with E-state index in [0.717, 1.165) is 12.8 Å². The third-order valence-corrected chi connectivity index (χ3v) is 1.95. The van der Waals surface area contributed by atoms with Gasteiger partial charge in [-0.05, 0) is 37.8 Å². The Hall–Kier alpha value is -1.05. The third kappa shape index (κ3) is 4.51. The van der Waals surface area contributed by atoms with E-state index in [1.807, 2.05) is 12.2 Å². The second kappa shape index (κ2) is 5.57. The number of hydrogen-bond donors (Lipinski definition) is 0. The van der Waals surface area contributed by atoms with Crippen LogP contribution < -0.4 is 0 Å². The predicted molar refractivity (Wildman–Crippen MR) is 52.3 cm³/mol. The lowest BCUT2D eigenvalue weighted by molar-refractivity contribution is -0.142. The summed E-state index contributed by atoms with van der Waals surface area (Å²) in [6.45, 7) is 1.44. The number of carbonyl (C=O) groups is 1. The maximum Gasteiger partial charge on any atom is 0.303 e. The Labute approximate surface area is 79.3 Å². The van der Waals surface area contributed by atoms with E-state index in [9.17, 15) is 4.79 Å². The van der Waals surface area contributed by atoms with Gasteiger partial charge in [0.25, 0.3) is 0 Å². The largest absolute Gasteiger partial charge is 0.454 e. The molecule has 0 atom stereocenters. The van der Waals surface area contributed by atoms with E-state index in [4.69, 9.17) is 4.74 Å². The number of allylic oxidation sites excluding steroid dienone is 2. The Morgan fingerprint density at radius 2 is 1.77 bits per heavy atom. The molecule has 1 aliphatic rings. The SMILES string of the molecule is CC(=O)OC1/C=C\CCCC/C=C\1. The summed E-state index contributed by atoms with van der Waals surface area (Å²) in [4.78, 5) is 10.7. The molecule has 0 aromatic rings. The molecule has 0 saturated heterocycles. The lowest BCUT2D eigenvalue weighted by atomic mass is 10.2. The molecule has 0 aliphatic heterocycles. The molecule has 0 fully saturated rings. The summed E-state index contributed by atoms with van der Waals surface area (Å²) >= 11 is 0. The van der Waals surface area contributed by atoms with Crippen LogP contribution in [0.3, 0.4) is 0 Å². The van der Waals surface area contributed by atoms with Crippen LogP contribution >= 0.6 is 0 Å². The maximum atomic E-state index is 10.7. The molecule has 0 N–H and O–H groups in total. The first-order valence-electron chi connectivity index (χ1n) is 4.79. The van der Waals surface area contributed by atoms with Crippen molar-refractivity contribution in [1.82, 2.24) is 0 Å². The maximum absolute atomic E-state index is 10.7. The highest BCUT2D eigenvalue weighted by Crippen LogP contribution is 2.08. The number of rotatable bonds is 1. The minimum absolute atomic E-state index is 0.157. The van der Waals surface area contributed by atoms with E-state index >= 15 is 0 Å². The molecule has 13 heavy (non-hydrogen) atoms. The van der Waals surface area contributed by atoms with E-state index in [1.54, 1.807) is 0 Å². The van der Waals surface area contributed by atoms with Crippen molar-refractivity contribution in [2.24, 2.45) is 0 Å². The normalized spacial score (nSPS) is 23.8. The van der Waals surface area contributed by atoms with Crippen molar-refractivity contribution in [1.29, 1.82) is 0 Å². The fourth-order valence-electron chi connectivity index (χ4n) is 1.32. The smallest absolute Gasteiger partial charge is 0.303 e. The van der Waals surface area contributed by atoms with Crippen LogP contribution in [0.5, 0.6) is 0 Å². The summed E-state index contributed by atoms with van der Waals surface area (Å²) in [7, 11) is 0. The van der Waals surface area contributed by atoms with Crippen molar-refractivity contribution in [3.8, 4) is 0 Å². The molecule has 0 saturated carbocycles. The van der Waals surface area contributed by atoms with E-state index < -0.39 is 0 Å². The molecular weight excluding hydrogens is 164 g/mol. The van der Waals surface area contributed by atoms with Gasteiger partial charge in [0.05, 0.1) is 0 Å². The first kappa shape index (κ1) is 10.0. The van der Waals surface area contributed by atoms with Crippen LogP contribution in [0.4, 0.5) is 0 Å². The minimum Gasteiger partial charge on any atom is -0.454 e. The van der Waals surface area contributed by atoms with Crippen LogP contribution in [0.15, 0.2) is 24.3 Å². The standard InChI is InChI=1S/C11H16O2/c1-10(12)13-11-8-6-4-2-3-5-7-9-11/h6-9,11H,2-5H2,1H3/b8-6-,9-7-. The number of carbonyl (C=O) groups excluding carboxylic acids is 1. The zero-order valence-corrected chi connectivity index (χ0v) is 8.03. The highest BCUT2D eigenvalue weighted by Gasteiger charge is 2.03. The Morgan fingerprint density at radius 3 is 2.23 bits per heavy atom. The van der Waals surface area contributed by atoms with Crippen LogP contribution in [-0.2, 0) is 9.53 Å². The molecule has 0 amide bonds. The molecule has 1 rings (SSSR count). The van der Waals surface area contributed by atoms with Gasteiger partial charge in [0, 0.05) is 6.92 Å². The van der Waals surface area contributed by atoms with Gasteiger partial charge >= 0.3 is 5.97 Å². The molecule has 0 aromatic carbocycles. The third-order valence-electron chi connectivity index (χ3n) is 1.95. The van der Waals surface area contributed by atoms with Gasteiger partial charge in [0.2, 0.25) is 0 Å².